The minimum absolute atomic E-state index is 0.163. The molecule has 0 atom stereocenters. The SMILES string of the molecule is O=S(=O)(c1ccc(Cl)cc1C=Cc1ccc(Br)cc1)c1ccc(Cl)cc1/C=C/c1ccc(Br)cc1. The van der Waals surface area contributed by atoms with Gasteiger partial charge in [0.15, 0.2) is 0 Å². The largest absolute Gasteiger partial charge is 0.218 e. The van der Waals surface area contributed by atoms with Crippen LogP contribution in [0.15, 0.2) is 104 Å². The molecule has 0 saturated heterocycles. The highest BCUT2D eigenvalue weighted by Gasteiger charge is 2.23. The van der Waals surface area contributed by atoms with Crippen LogP contribution in [0.2, 0.25) is 10.0 Å². The highest BCUT2D eigenvalue weighted by atomic mass is 79.9. The van der Waals surface area contributed by atoms with Crippen molar-refractivity contribution in [3.63, 3.8) is 0 Å². The van der Waals surface area contributed by atoms with Gasteiger partial charge in [0.2, 0.25) is 9.84 Å². The van der Waals surface area contributed by atoms with E-state index < -0.39 is 9.84 Å². The van der Waals surface area contributed by atoms with E-state index in [-0.39, 0.29) is 9.79 Å². The molecule has 4 aromatic rings. The monoisotopic (exact) mass is 646 g/mol. The summed E-state index contributed by atoms with van der Waals surface area (Å²) in [5, 5.41) is 0.900. The molecule has 176 valence electrons. The van der Waals surface area contributed by atoms with Crippen molar-refractivity contribution in [1.29, 1.82) is 0 Å². The third kappa shape index (κ3) is 6.54. The summed E-state index contributed by atoms with van der Waals surface area (Å²) >= 11 is 19.3. The van der Waals surface area contributed by atoms with E-state index in [0.717, 1.165) is 20.1 Å². The van der Waals surface area contributed by atoms with Crippen molar-refractivity contribution < 1.29 is 8.42 Å². The van der Waals surface area contributed by atoms with Crippen molar-refractivity contribution in [1.82, 2.24) is 0 Å². The molecule has 0 saturated carbocycles. The van der Waals surface area contributed by atoms with Crippen molar-refractivity contribution in [3.8, 4) is 0 Å². The quantitative estimate of drug-likeness (QED) is 0.195. The Morgan fingerprint density at radius 3 is 1.29 bits per heavy atom. The molecule has 0 radical (unpaired) electrons. The van der Waals surface area contributed by atoms with Crippen LogP contribution < -0.4 is 0 Å². The predicted molar refractivity (Wildman–Crippen MR) is 154 cm³/mol. The van der Waals surface area contributed by atoms with Gasteiger partial charge in [0.25, 0.3) is 0 Å². The van der Waals surface area contributed by atoms with Gasteiger partial charge < -0.3 is 0 Å². The third-order valence-corrected chi connectivity index (χ3v) is 8.60. The van der Waals surface area contributed by atoms with Gasteiger partial charge in [-0.05, 0) is 82.9 Å². The average Bonchev–Trinajstić information content (AvgIpc) is 2.83. The number of halogens is 4. The Bertz CT molecular complexity index is 1420. The molecule has 0 heterocycles. The molecule has 35 heavy (non-hydrogen) atoms. The lowest BCUT2D eigenvalue weighted by atomic mass is 10.1. The number of hydrogen-bond acceptors (Lipinski definition) is 2. The molecular weight excluding hydrogens is 631 g/mol. The highest BCUT2D eigenvalue weighted by molar-refractivity contribution is 9.10. The lowest BCUT2D eigenvalue weighted by Gasteiger charge is -2.12. The smallest absolute Gasteiger partial charge is 0.207 e. The summed E-state index contributed by atoms with van der Waals surface area (Å²) in [5.74, 6) is 0. The predicted octanol–water partition coefficient (Wildman–Crippen LogP) is 9.69. The van der Waals surface area contributed by atoms with Gasteiger partial charge in [0, 0.05) is 19.0 Å². The minimum atomic E-state index is -3.89. The van der Waals surface area contributed by atoms with E-state index >= 15 is 0 Å². The van der Waals surface area contributed by atoms with Gasteiger partial charge in [-0.1, -0.05) is 104 Å². The maximum Gasteiger partial charge on any atom is 0.207 e. The lowest BCUT2D eigenvalue weighted by Crippen LogP contribution is -2.06. The topological polar surface area (TPSA) is 34.1 Å². The van der Waals surface area contributed by atoms with E-state index in [1.807, 2.05) is 60.7 Å². The van der Waals surface area contributed by atoms with Gasteiger partial charge in [-0.2, -0.15) is 0 Å². The first-order valence-electron chi connectivity index (χ1n) is 10.4. The van der Waals surface area contributed by atoms with E-state index in [4.69, 9.17) is 23.2 Å². The minimum Gasteiger partial charge on any atom is -0.218 e. The van der Waals surface area contributed by atoms with Gasteiger partial charge in [-0.3, -0.25) is 0 Å². The van der Waals surface area contributed by atoms with Gasteiger partial charge in [-0.25, -0.2) is 8.42 Å². The van der Waals surface area contributed by atoms with E-state index in [2.05, 4.69) is 31.9 Å². The Morgan fingerprint density at radius 1 is 0.543 bits per heavy atom. The van der Waals surface area contributed by atoms with Gasteiger partial charge in [0.05, 0.1) is 9.79 Å². The Balaban J connectivity index is 1.77. The summed E-state index contributed by atoms with van der Waals surface area (Å²) in [4.78, 5) is 0.326. The fraction of sp³-hybridized carbons (Fsp3) is 0. The van der Waals surface area contributed by atoms with Gasteiger partial charge >= 0.3 is 0 Å². The van der Waals surface area contributed by atoms with Crippen LogP contribution in [-0.2, 0) is 9.84 Å². The van der Waals surface area contributed by atoms with Crippen molar-refractivity contribution in [3.05, 3.63) is 126 Å². The molecule has 0 fully saturated rings. The van der Waals surface area contributed by atoms with Crippen LogP contribution in [0, 0.1) is 0 Å². The molecule has 0 aliphatic rings. The zero-order chi connectivity index (χ0) is 25.0. The van der Waals surface area contributed by atoms with Crippen LogP contribution in [0.3, 0.4) is 0 Å². The Morgan fingerprint density at radius 2 is 0.914 bits per heavy atom. The summed E-state index contributed by atoms with van der Waals surface area (Å²) in [6.45, 7) is 0. The zero-order valence-corrected chi connectivity index (χ0v) is 23.6. The number of sulfone groups is 1. The molecule has 4 rings (SSSR count). The van der Waals surface area contributed by atoms with Crippen molar-refractivity contribution in [2.45, 2.75) is 9.79 Å². The first-order chi connectivity index (χ1) is 16.7. The Kier molecular flexibility index (Phi) is 8.35. The maximum atomic E-state index is 13.8. The molecule has 0 bridgehead atoms. The van der Waals surface area contributed by atoms with E-state index in [1.54, 1.807) is 36.4 Å². The van der Waals surface area contributed by atoms with Crippen molar-refractivity contribution >= 4 is 89.2 Å². The van der Waals surface area contributed by atoms with E-state index in [0.29, 0.717) is 21.2 Å². The molecule has 0 aliphatic carbocycles. The van der Waals surface area contributed by atoms with Gasteiger partial charge in [-0.15, -0.1) is 0 Å². The summed E-state index contributed by atoms with van der Waals surface area (Å²) in [5.41, 5.74) is 2.86. The van der Waals surface area contributed by atoms with E-state index in [9.17, 15) is 8.42 Å². The van der Waals surface area contributed by atoms with E-state index in [1.165, 1.54) is 12.1 Å². The Labute approximate surface area is 232 Å². The van der Waals surface area contributed by atoms with Gasteiger partial charge in [0.1, 0.15) is 0 Å². The zero-order valence-electron chi connectivity index (χ0n) is 18.1. The number of hydrogen-bond donors (Lipinski definition) is 0. The third-order valence-electron chi connectivity index (χ3n) is 5.17. The first kappa shape index (κ1) is 25.9. The number of benzene rings is 4. The molecule has 0 aromatic heterocycles. The second kappa shape index (κ2) is 11.3. The van der Waals surface area contributed by atoms with Crippen LogP contribution in [-0.4, -0.2) is 8.42 Å². The van der Waals surface area contributed by atoms with Crippen LogP contribution in [0.5, 0.6) is 0 Å². The standard InChI is InChI=1S/C28H18Br2Cl2O2S/c29-23-9-3-19(4-10-23)1-7-21-17-25(31)13-15-27(21)35(33,34)28-16-14-26(32)18-22(28)8-2-20-5-11-24(30)12-6-20/h1-18H/b7-1+,8-2?. The second-order valence-electron chi connectivity index (χ2n) is 7.64. The fourth-order valence-corrected chi connectivity index (χ4v) is 5.92. The molecule has 0 aliphatic heterocycles. The van der Waals surface area contributed by atoms with Crippen molar-refractivity contribution in [2.24, 2.45) is 0 Å². The van der Waals surface area contributed by atoms with Crippen LogP contribution in [0.4, 0.5) is 0 Å². The van der Waals surface area contributed by atoms with Crippen LogP contribution >= 0.6 is 55.1 Å². The maximum absolute atomic E-state index is 13.8. The molecule has 4 aromatic carbocycles. The normalized spacial score (nSPS) is 12.0. The lowest BCUT2D eigenvalue weighted by molar-refractivity contribution is 0.596. The molecular formula is C28H18Br2Cl2O2S. The molecule has 0 spiro atoms. The highest BCUT2D eigenvalue weighted by Crippen LogP contribution is 2.32. The molecule has 7 heteroatoms. The summed E-state index contributed by atoms with van der Waals surface area (Å²) in [7, 11) is -3.89. The van der Waals surface area contributed by atoms with Crippen molar-refractivity contribution in [2.75, 3.05) is 0 Å². The Hall–Kier alpha value is -2.15. The average molecular weight is 649 g/mol. The van der Waals surface area contributed by atoms with Crippen LogP contribution in [0.25, 0.3) is 24.3 Å². The number of rotatable bonds is 6. The molecule has 0 amide bonds. The second-order valence-corrected chi connectivity index (χ2v) is 12.2. The summed E-state index contributed by atoms with van der Waals surface area (Å²) in [6, 6.07) is 25.0. The summed E-state index contributed by atoms with van der Waals surface area (Å²) in [6.07, 6.45) is 7.23. The molecule has 0 N–H and O–H groups in total. The first-order valence-corrected chi connectivity index (χ1v) is 14.3. The molecule has 2 nitrogen and oxygen atoms in total. The summed E-state index contributed by atoms with van der Waals surface area (Å²) < 4.78 is 29.6. The molecule has 0 unspecified atom stereocenters. The van der Waals surface area contributed by atoms with Crippen LogP contribution in [0.1, 0.15) is 22.3 Å². The fourth-order valence-electron chi connectivity index (χ4n) is 3.43.